The van der Waals surface area contributed by atoms with Gasteiger partial charge in [-0.1, -0.05) is 0 Å². The maximum Gasteiger partial charge on any atom is 0.425 e. The Balaban J connectivity index is 6.25. The van der Waals surface area contributed by atoms with E-state index < -0.39 is 41.7 Å². The van der Waals surface area contributed by atoms with E-state index in [9.17, 15) is 57.1 Å². The lowest BCUT2D eigenvalue weighted by molar-refractivity contribution is -0.439. The minimum atomic E-state index is -7.67. The van der Waals surface area contributed by atoms with Crippen molar-refractivity contribution in [3.63, 3.8) is 0 Å². The summed E-state index contributed by atoms with van der Waals surface area (Å²) in [6.45, 7) is 0. The lowest BCUT2D eigenvalue weighted by Gasteiger charge is -2.37. The highest BCUT2D eigenvalue weighted by atomic mass is 19.4. The van der Waals surface area contributed by atoms with Crippen molar-refractivity contribution < 1.29 is 61.8 Å². The van der Waals surface area contributed by atoms with Crippen LogP contribution in [0.5, 0.6) is 0 Å². The second-order valence-electron chi connectivity index (χ2n) is 3.59. The lowest BCUT2D eigenvalue weighted by Crippen LogP contribution is -2.67. The first-order valence-corrected chi connectivity index (χ1v) is 4.57. The monoisotopic (exact) mass is 362 g/mol. The zero-order valence-corrected chi connectivity index (χ0v) is 9.82. The molecule has 0 aromatic carbocycles. The van der Waals surface area contributed by atoms with E-state index in [1.54, 1.807) is 0 Å². The molecule has 0 N–H and O–H groups in total. The summed E-state index contributed by atoms with van der Waals surface area (Å²) in [4.78, 5) is 0. The van der Waals surface area contributed by atoms with Crippen molar-refractivity contribution in [3.8, 4) is 0 Å². The molecule has 22 heavy (non-hydrogen) atoms. The molecule has 1 nitrogen and oxygen atoms in total. The van der Waals surface area contributed by atoms with E-state index in [1.807, 2.05) is 0 Å². The first kappa shape index (κ1) is 20.8. The average molecular weight is 362 g/mol. The van der Waals surface area contributed by atoms with Crippen LogP contribution in [0.1, 0.15) is 0 Å². The zero-order chi connectivity index (χ0) is 18.4. The van der Waals surface area contributed by atoms with Crippen LogP contribution in [0.3, 0.4) is 0 Å². The van der Waals surface area contributed by atoms with Crippen LogP contribution in [0.25, 0.3) is 0 Å². The van der Waals surface area contributed by atoms with E-state index in [1.165, 1.54) is 0 Å². The van der Waals surface area contributed by atoms with Gasteiger partial charge in [0.25, 0.3) is 0 Å². The maximum absolute atomic E-state index is 12.8. The molecule has 0 radical (unpaired) electrons. The number of allylic oxidation sites excluding steroid dienone is 1. The summed E-state index contributed by atoms with van der Waals surface area (Å²) in [6, 6.07) is 0. The fourth-order valence-electron chi connectivity index (χ4n) is 0.962. The topological polar surface area (TPSA) is 9.23 Å². The molecule has 0 fully saturated rings. The molecule has 132 valence electrons. The molecule has 0 aliphatic carbocycles. The second-order valence-corrected chi connectivity index (χ2v) is 3.59. The van der Waals surface area contributed by atoms with Crippen LogP contribution in [-0.2, 0) is 4.74 Å². The largest absolute Gasteiger partial charge is 0.425 e. The molecule has 0 aromatic heterocycles. The smallest absolute Gasteiger partial charge is 0.319 e. The van der Waals surface area contributed by atoms with E-state index in [0.29, 0.717) is 0 Å². The van der Waals surface area contributed by atoms with Crippen LogP contribution in [0.4, 0.5) is 57.1 Å². The molecule has 0 bridgehead atoms. The summed E-state index contributed by atoms with van der Waals surface area (Å²) in [7, 11) is -0.359. The Bertz CT molecular complexity index is 447. The van der Waals surface area contributed by atoms with E-state index >= 15 is 0 Å². The van der Waals surface area contributed by atoms with Crippen LogP contribution < -0.4 is 0 Å². The third kappa shape index (κ3) is 2.60. The van der Waals surface area contributed by atoms with Gasteiger partial charge in [0.15, 0.2) is 0 Å². The number of alkyl halides is 10. The molecular weight excluding hydrogens is 359 g/mol. The van der Waals surface area contributed by atoms with Crippen molar-refractivity contribution >= 4 is 0 Å². The molecule has 0 spiro atoms. The number of hydrogen-bond donors (Lipinski definition) is 0. The molecule has 0 amide bonds. The molecule has 0 unspecified atom stereocenters. The number of rotatable bonds is 6. The van der Waals surface area contributed by atoms with Crippen molar-refractivity contribution in [3.05, 3.63) is 11.9 Å². The van der Waals surface area contributed by atoms with Crippen molar-refractivity contribution in [2.45, 2.75) is 29.8 Å². The van der Waals surface area contributed by atoms with Gasteiger partial charge in [0.05, 0.1) is 0 Å². The van der Waals surface area contributed by atoms with Crippen LogP contribution in [0.15, 0.2) is 11.9 Å². The molecule has 14 heteroatoms. The molecule has 0 heterocycles. The van der Waals surface area contributed by atoms with E-state index in [-0.39, 0.29) is 7.11 Å². The summed E-state index contributed by atoms with van der Waals surface area (Å²) in [5.74, 6) is -34.3. The summed E-state index contributed by atoms with van der Waals surface area (Å²) in [5, 5.41) is 0. The van der Waals surface area contributed by atoms with E-state index in [2.05, 4.69) is 4.74 Å². The average Bonchev–Trinajstić information content (AvgIpc) is 2.36. The van der Waals surface area contributed by atoms with Gasteiger partial charge in [-0.05, 0) is 0 Å². The van der Waals surface area contributed by atoms with E-state index in [4.69, 9.17) is 0 Å². The summed E-state index contributed by atoms with van der Waals surface area (Å²) < 4.78 is 164. The molecule has 0 aliphatic rings. The molecule has 0 saturated heterocycles. The number of halogens is 13. The minimum absolute atomic E-state index is 0.359. The van der Waals surface area contributed by atoms with Gasteiger partial charge in [0.2, 0.25) is 5.83 Å². The van der Waals surface area contributed by atoms with Crippen molar-refractivity contribution in [2.75, 3.05) is 7.11 Å². The van der Waals surface area contributed by atoms with Gasteiger partial charge in [-0.3, -0.25) is 0 Å². The third-order valence-corrected chi connectivity index (χ3v) is 2.25. The molecule has 0 saturated carbocycles. The standard InChI is InChI=1S/C8H3F13O/c1-22-8(20,21)7(18,19)6(16,17)5(14,15)4(12,13)2(9)3(10)11/h1H3. The van der Waals surface area contributed by atoms with Gasteiger partial charge >= 0.3 is 35.9 Å². The van der Waals surface area contributed by atoms with Crippen LogP contribution in [0.2, 0.25) is 0 Å². The van der Waals surface area contributed by atoms with Gasteiger partial charge in [-0.15, -0.1) is 0 Å². The van der Waals surface area contributed by atoms with Crippen molar-refractivity contribution in [1.29, 1.82) is 0 Å². The van der Waals surface area contributed by atoms with Gasteiger partial charge in [0.1, 0.15) is 0 Å². The zero-order valence-electron chi connectivity index (χ0n) is 9.82. The highest BCUT2D eigenvalue weighted by Crippen LogP contribution is 2.58. The van der Waals surface area contributed by atoms with Gasteiger partial charge in [-0.25, -0.2) is 0 Å². The Morgan fingerprint density at radius 3 is 1.27 bits per heavy atom. The van der Waals surface area contributed by atoms with E-state index in [0.717, 1.165) is 0 Å². The fraction of sp³-hybridized carbons (Fsp3) is 0.750. The van der Waals surface area contributed by atoms with Gasteiger partial charge < -0.3 is 4.74 Å². The predicted octanol–water partition coefficient (Wildman–Crippen LogP) is 4.84. The Kier molecular flexibility index (Phi) is 5.15. The summed E-state index contributed by atoms with van der Waals surface area (Å²) >= 11 is 0. The molecule has 0 aliphatic heterocycles. The maximum atomic E-state index is 12.8. The Hall–Kier alpha value is -1.21. The van der Waals surface area contributed by atoms with Crippen molar-refractivity contribution in [1.82, 2.24) is 0 Å². The first-order chi connectivity index (χ1) is 9.41. The Morgan fingerprint density at radius 1 is 0.636 bits per heavy atom. The second kappa shape index (κ2) is 5.45. The first-order valence-electron chi connectivity index (χ1n) is 4.57. The molecular formula is C8H3F13O. The van der Waals surface area contributed by atoms with Gasteiger partial charge in [-0.2, -0.15) is 57.1 Å². The minimum Gasteiger partial charge on any atom is -0.319 e. The molecule has 0 rings (SSSR count). The van der Waals surface area contributed by atoms with Crippen LogP contribution in [0, 0.1) is 0 Å². The predicted molar refractivity (Wildman–Crippen MR) is 42.1 cm³/mol. The Labute approximate surface area is 112 Å². The summed E-state index contributed by atoms with van der Waals surface area (Å²) in [5.41, 5.74) is 0. The quantitative estimate of drug-likeness (QED) is 0.615. The van der Waals surface area contributed by atoms with Gasteiger partial charge in [0, 0.05) is 7.11 Å². The normalized spacial score (nSPS) is 15.0. The molecule has 0 atom stereocenters. The van der Waals surface area contributed by atoms with Crippen LogP contribution in [-0.4, -0.2) is 36.9 Å². The lowest BCUT2D eigenvalue weighted by atomic mass is 9.97. The van der Waals surface area contributed by atoms with Crippen molar-refractivity contribution in [2.24, 2.45) is 0 Å². The fourth-order valence-corrected chi connectivity index (χ4v) is 0.962. The molecule has 0 aromatic rings. The number of hydrogen-bond acceptors (Lipinski definition) is 1. The third-order valence-electron chi connectivity index (χ3n) is 2.25. The Morgan fingerprint density at radius 2 is 1.00 bits per heavy atom. The SMILES string of the molecule is COC(F)(F)C(F)(F)C(F)(F)C(F)(F)C(F)(F)C(F)=C(F)F. The number of methoxy groups -OCH3 is 1. The highest BCUT2D eigenvalue weighted by molar-refractivity contribution is 5.17. The number of ether oxygens (including phenoxy) is 1. The van der Waals surface area contributed by atoms with Crippen LogP contribution >= 0.6 is 0 Å². The summed E-state index contributed by atoms with van der Waals surface area (Å²) in [6.07, 6.45) is -10.6. The highest BCUT2D eigenvalue weighted by Gasteiger charge is 2.88.